The van der Waals surface area contributed by atoms with Crippen molar-refractivity contribution < 1.29 is 9.59 Å². The van der Waals surface area contributed by atoms with E-state index in [1.807, 2.05) is 35.9 Å². The predicted octanol–water partition coefficient (Wildman–Crippen LogP) is 4.84. The van der Waals surface area contributed by atoms with Gasteiger partial charge in [-0.15, -0.1) is 0 Å². The molecule has 0 spiro atoms. The lowest BCUT2D eigenvalue weighted by molar-refractivity contribution is -0.122. The van der Waals surface area contributed by atoms with Crippen molar-refractivity contribution in [2.24, 2.45) is 5.92 Å². The number of fused-ring (bicyclic) bond motifs is 1. The van der Waals surface area contributed by atoms with Crippen LogP contribution in [0, 0.1) is 19.8 Å². The average molecular weight is 422 g/mol. The maximum absolute atomic E-state index is 13.5. The van der Waals surface area contributed by atoms with Crippen molar-refractivity contribution in [2.45, 2.75) is 90.6 Å². The van der Waals surface area contributed by atoms with Crippen molar-refractivity contribution in [1.82, 2.24) is 15.1 Å². The molecule has 0 radical (unpaired) electrons. The lowest BCUT2D eigenvalue weighted by Gasteiger charge is -2.39. The number of rotatable bonds is 3. The normalized spacial score (nSPS) is 22.3. The highest BCUT2D eigenvalue weighted by molar-refractivity contribution is 5.99. The van der Waals surface area contributed by atoms with E-state index in [1.54, 1.807) is 0 Å². The second-order valence-electron chi connectivity index (χ2n) is 10.4. The largest absolute Gasteiger partial charge is 0.342 e. The molecule has 166 valence electrons. The molecule has 2 aliphatic rings. The Labute approximate surface area is 185 Å². The molecule has 0 bridgehead atoms. The van der Waals surface area contributed by atoms with Gasteiger partial charge in [0.25, 0.3) is 5.91 Å². The molecule has 1 aromatic heterocycles. The highest BCUT2D eigenvalue weighted by Crippen LogP contribution is 2.44. The minimum atomic E-state index is -0.486. The maximum Gasteiger partial charge on any atom is 0.251 e. The highest BCUT2D eigenvalue weighted by atomic mass is 16.2. The first-order chi connectivity index (χ1) is 14.7. The van der Waals surface area contributed by atoms with Gasteiger partial charge in [-0.3, -0.25) is 14.3 Å². The summed E-state index contributed by atoms with van der Waals surface area (Å²) in [5.41, 5.74) is 4.72. The molecule has 2 aliphatic carbocycles. The minimum absolute atomic E-state index is 0.00130. The van der Waals surface area contributed by atoms with E-state index in [0.717, 1.165) is 29.8 Å². The van der Waals surface area contributed by atoms with Crippen molar-refractivity contribution in [2.75, 3.05) is 0 Å². The molecular formula is C26H35N3O2. The molecular weight excluding hydrogens is 386 g/mol. The number of carbonyl (C=O) groups is 2. The van der Waals surface area contributed by atoms with Crippen LogP contribution in [0.4, 0.5) is 0 Å². The van der Waals surface area contributed by atoms with Crippen LogP contribution in [-0.4, -0.2) is 27.5 Å². The van der Waals surface area contributed by atoms with Gasteiger partial charge in [-0.1, -0.05) is 37.0 Å². The summed E-state index contributed by atoms with van der Waals surface area (Å²) in [6.07, 6.45) is 6.17. The minimum Gasteiger partial charge on any atom is -0.342 e. The molecule has 0 saturated heterocycles. The fraction of sp³-hybridized carbons (Fsp3) is 0.577. The van der Waals surface area contributed by atoms with E-state index < -0.39 is 6.04 Å². The first kappa shape index (κ1) is 21.8. The summed E-state index contributed by atoms with van der Waals surface area (Å²) in [6, 6.07) is 7.08. The van der Waals surface area contributed by atoms with E-state index in [9.17, 15) is 9.59 Å². The highest BCUT2D eigenvalue weighted by Gasteiger charge is 2.45. The Morgan fingerprint density at radius 1 is 1.13 bits per heavy atom. The Hall–Kier alpha value is -2.43. The van der Waals surface area contributed by atoms with E-state index in [4.69, 9.17) is 5.10 Å². The summed E-state index contributed by atoms with van der Waals surface area (Å²) in [7, 11) is 0. The van der Waals surface area contributed by atoms with Gasteiger partial charge in [0.1, 0.15) is 0 Å². The molecule has 1 aromatic carbocycles. The standard InChI is InChI=1S/C26H35N3O2/c1-16-10-9-13-19(14-16)25(31)27-24-21(30)15-20-22(17(2)28-29(20)26(3,4)5)23(24)18-11-7-6-8-12-18/h9-10,13-14,18,23-24H,6-8,11-12,15H2,1-5H3,(H,27,31)/t23-,24-/m0/s1. The number of hydrogen-bond acceptors (Lipinski definition) is 3. The molecule has 2 aromatic rings. The summed E-state index contributed by atoms with van der Waals surface area (Å²) < 4.78 is 2.05. The van der Waals surface area contributed by atoms with Gasteiger partial charge in [0, 0.05) is 17.0 Å². The van der Waals surface area contributed by atoms with Crippen LogP contribution in [0.5, 0.6) is 0 Å². The Kier molecular flexibility index (Phi) is 5.80. The number of nitrogens with one attached hydrogen (secondary N) is 1. The number of hydrogen-bond donors (Lipinski definition) is 1. The number of Topliss-reactive ketones (excluding diaryl/α,β-unsaturated/α-hetero) is 1. The summed E-state index contributed by atoms with van der Waals surface area (Å²) in [5, 5.41) is 8.03. The summed E-state index contributed by atoms with van der Waals surface area (Å²) in [6.45, 7) is 10.4. The fourth-order valence-corrected chi connectivity index (χ4v) is 5.57. The molecule has 1 fully saturated rings. The molecule has 0 unspecified atom stereocenters. The van der Waals surface area contributed by atoms with Crippen LogP contribution >= 0.6 is 0 Å². The third-order valence-electron chi connectivity index (χ3n) is 6.95. The first-order valence-electron chi connectivity index (χ1n) is 11.7. The van der Waals surface area contributed by atoms with Crippen LogP contribution in [0.2, 0.25) is 0 Å². The van der Waals surface area contributed by atoms with Crippen molar-refractivity contribution in [3.8, 4) is 0 Å². The third-order valence-corrected chi connectivity index (χ3v) is 6.95. The Balaban J connectivity index is 1.75. The number of ketones is 1. The third kappa shape index (κ3) is 4.19. The molecule has 5 nitrogen and oxygen atoms in total. The summed E-state index contributed by atoms with van der Waals surface area (Å²) in [5.74, 6) is 0.346. The van der Waals surface area contributed by atoms with Gasteiger partial charge >= 0.3 is 0 Å². The van der Waals surface area contributed by atoms with Gasteiger partial charge in [-0.2, -0.15) is 5.10 Å². The van der Waals surface area contributed by atoms with Crippen LogP contribution in [0.15, 0.2) is 24.3 Å². The van der Waals surface area contributed by atoms with Gasteiger partial charge < -0.3 is 5.32 Å². The lowest BCUT2D eigenvalue weighted by Crippen LogP contribution is -2.51. The SMILES string of the molecule is Cc1cccc(C(=O)N[C@H]2C(=O)Cc3c(c(C)nn3C(C)(C)C)[C@@H]2C2CCCCC2)c1. The summed E-state index contributed by atoms with van der Waals surface area (Å²) >= 11 is 0. The van der Waals surface area contributed by atoms with Gasteiger partial charge in [0.2, 0.25) is 0 Å². The van der Waals surface area contributed by atoms with E-state index >= 15 is 0 Å². The smallest absolute Gasteiger partial charge is 0.251 e. The first-order valence-corrected chi connectivity index (χ1v) is 11.7. The van der Waals surface area contributed by atoms with E-state index in [2.05, 4.69) is 33.0 Å². The molecule has 1 N–H and O–H groups in total. The zero-order valence-electron chi connectivity index (χ0n) is 19.5. The van der Waals surface area contributed by atoms with Crippen LogP contribution in [-0.2, 0) is 16.8 Å². The second kappa shape index (κ2) is 8.25. The predicted molar refractivity (Wildman–Crippen MR) is 122 cm³/mol. The summed E-state index contributed by atoms with van der Waals surface area (Å²) in [4.78, 5) is 26.6. The number of nitrogens with zero attached hydrogens (tertiary/aromatic N) is 2. The zero-order valence-corrected chi connectivity index (χ0v) is 19.5. The molecule has 1 amide bonds. The molecule has 5 heteroatoms. The van der Waals surface area contributed by atoms with E-state index in [-0.39, 0.29) is 23.1 Å². The maximum atomic E-state index is 13.5. The Morgan fingerprint density at radius 2 is 1.84 bits per heavy atom. The Bertz CT molecular complexity index is 993. The average Bonchev–Trinajstić information content (AvgIpc) is 3.05. The molecule has 1 saturated carbocycles. The monoisotopic (exact) mass is 421 g/mol. The van der Waals surface area contributed by atoms with Crippen LogP contribution in [0.1, 0.15) is 91.7 Å². The van der Waals surface area contributed by atoms with Crippen molar-refractivity contribution in [3.63, 3.8) is 0 Å². The number of aryl methyl sites for hydroxylation is 2. The number of amides is 1. The number of aromatic nitrogens is 2. The Morgan fingerprint density at radius 3 is 2.48 bits per heavy atom. The molecule has 4 rings (SSSR count). The van der Waals surface area contributed by atoms with Gasteiger partial charge in [-0.25, -0.2) is 0 Å². The molecule has 0 aliphatic heterocycles. The van der Waals surface area contributed by atoms with Crippen molar-refractivity contribution in [3.05, 3.63) is 52.3 Å². The van der Waals surface area contributed by atoms with Crippen molar-refractivity contribution >= 4 is 11.7 Å². The van der Waals surface area contributed by atoms with Gasteiger partial charge in [0.05, 0.1) is 29.4 Å². The van der Waals surface area contributed by atoms with E-state index in [1.165, 1.54) is 24.8 Å². The van der Waals surface area contributed by atoms with Crippen molar-refractivity contribution in [1.29, 1.82) is 0 Å². The fourth-order valence-electron chi connectivity index (χ4n) is 5.57. The van der Waals surface area contributed by atoms with E-state index in [0.29, 0.717) is 17.9 Å². The second-order valence-corrected chi connectivity index (χ2v) is 10.4. The number of carbonyl (C=O) groups excluding carboxylic acids is 2. The van der Waals surface area contributed by atoms with Gasteiger partial charge in [-0.05, 0) is 65.5 Å². The quantitative estimate of drug-likeness (QED) is 0.771. The topological polar surface area (TPSA) is 64.0 Å². The van der Waals surface area contributed by atoms with Gasteiger partial charge in [0.15, 0.2) is 5.78 Å². The zero-order chi connectivity index (χ0) is 22.3. The number of benzene rings is 1. The molecule has 1 heterocycles. The lowest BCUT2D eigenvalue weighted by atomic mass is 9.68. The van der Waals surface area contributed by atoms with Crippen LogP contribution in [0.25, 0.3) is 0 Å². The molecule has 31 heavy (non-hydrogen) atoms. The molecule has 2 atom stereocenters. The van der Waals surface area contributed by atoms with Crippen LogP contribution < -0.4 is 5.32 Å². The van der Waals surface area contributed by atoms with Crippen LogP contribution in [0.3, 0.4) is 0 Å².